The van der Waals surface area contributed by atoms with Crippen LogP contribution in [0.25, 0.3) is 0 Å². The second-order valence-corrected chi connectivity index (χ2v) is 7.83. The highest BCUT2D eigenvalue weighted by Gasteiger charge is 2.47. The van der Waals surface area contributed by atoms with Crippen molar-refractivity contribution >= 4 is 17.9 Å². The van der Waals surface area contributed by atoms with Crippen LogP contribution in [0.5, 0.6) is 0 Å². The molecule has 1 aliphatic heterocycles. The number of esters is 1. The Hall–Kier alpha value is -4.01. The number of carboxylic acids is 2. The number of benzene rings is 3. The number of rotatable bonds is 7. The van der Waals surface area contributed by atoms with E-state index in [1.165, 1.54) is 36.4 Å². The van der Waals surface area contributed by atoms with Crippen LogP contribution in [0.4, 0.5) is 0 Å². The molecule has 1 saturated heterocycles. The molecule has 4 rings (SSSR count). The maximum atomic E-state index is 12.5. The van der Waals surface area contributed by atoms with Gasteiger partial charge in [-0.15, -0.1) is 0 Å². The van der Waals surface area contributed by atoms with Crippen LogP contribution in [0.2, 0.25) is 0 Å². The molecule has 34 heavy (non-hydrogen) atoms. The fourth-order valence-electron chi connectivity index (χ4n) is 4.27. The van der Waals surface area contributed by atoms with Crippen LogP contribution in [0, 0.1) is 0 Å². The summed E-state index contributed by atoms with van der Waals surface area (Å²) in [5.41, 5.74) is 0.391. The molecule has 0 aliphatic carbocycles. The molecule has 8 nitrogen and oxygen atoms in total. The highest BCUT2D eigenvalue weighted by molar-refractivity contribution is 5.90. The highest BCUT2D eigenvalue weighted by atomic mass is 16.6. The molecule has 174 valence electrons. The lowest BCUT2D eigenvalue weighted by atomic mass is 9.84. The molecule has 0 aromatic heterocycles. The molecule has 0 radical (unpaired) electrons. The Balaban J connectivity index is 1.70. The number of carbonyl (C=O) groups is 3. The Morgan fingerprint density at radius 2 is 1.32 bits per heavy atom. The van der Waals surface area contributed by atoms with Gasteiger partial charge in [0.1, 0.15) is 18.8 Å². The Labute approximate surface area is 195 Å². The summed E-state index contributed by atoms with van der Waals surface area (Å²) in [5, 5.41) is 34.6. The number of aromatic carboxylic acids is 2. The first kappa shape index (κ1) is 23.2. The van der Waals surface area contributed by atoms with Gasteiger partial charge in [0.15, 0.2) is 0 Å². The van der Waals surface area contributed by atoms with Crippen LogP contribution in [0.15, 0.2) is 78.9 Å². The van der Waals surface area contributed by atoms with Gasteiger partial charge in [0.2, 0.25) is 0 Å². The van der Waals surface area contributed by atoms with Crippen molar-refractivity contribution < 1.29 is 39.2 Å². The summed E-state index contributed by atoms with van der Waals surface area (Å²) in [6.45, 7) is -0.305. The zero-order valence-corrected chi connectivity index (χ0v) is 17.8. The number of hydrogen-bond acceptors (Lipinski definition) is 8. The number of ether oxygens (including phenoxy) is 2. The number of hydrogen-bond donors (Lipinski definition) is 1. The van der Waals surface area contributed by atoms with E-state index in [0.29, 0.717) is 5.56 Å². The van der Waals surface area contributed by atoms with Gasteiger partial charge in [0.25, 0.3) is 0 Å². The van der Waals surface area contributed by atoms with Crippen molar-refractivity contribution in [1.82, 2.24) is 0 Å². The summed E-state index contributed by atoms with van der Waals surface area (Å²) in [6, 6.07) is 20.1. The predicted octanol–water partition coefficient (Wildman–Crippen LogP) is 0.855. The highest BCUT2D eigenvalue weighted by Crippen LogP contribution is 2.44. The first-order valence-electron chi connectivity index (χ1n) is 10.5. The zero-order chi connectivity index (χ0) is 24.2. The van der Waals surface area contributed by atoms with E-state index in [-0.39, 0.29) is 28.9 Å². The van der Waals surface area contributed by atoms with Crippen LogP contribution < -0.4 is 10.2 Å². The monoisotopic (exact) mass is 460 g/mol. The Morgan fingerprint density at radius 3 is 1.94 bits per heavy atom. The zero-order valence-electron chi connectivity index (χ0n) is 17.8. The van der Waals surface area contributed by atoms with Crippen molar-refractivity contribution in [3.63, 3.8) is 0 Å². The van der Waals surface area contributed by atoms with Crippen molar-refractivity contribution in [2.45, 2.75) is 24.2 Å². The van der Waals surface area contributed by atoms with Crippen molar-refractivity contribution in [3.05, 3.63) is 107 Å². The molecule has 1 N–H and O–H groups in total. The lowest BCUT2D eigenvalue weighted by Crippen LogP contribution is -2.31. The topological polar surface area (TPSA) is 136 Å². The smallest absolute Gasteiger partial charge is 0.338 e. The van der Waals surface area contributed by atoms with Gasteiger partial charge >= 0.3 is 5.97 Å². The van der Waals surface area contributed by atoms with E-state index in [9.17, 15) is 29.7 Å². The second-order valence-electron chi connectivity index (χ2n) is 7.83. The van der Waals surface area contributed by atoms with Gasteiger partial charge in [-0.25, -0.2) is 4.79 Å². The van der Waals surface area contributed by atoms with E-state index >= 15 is 0 Å². The summed E-state index contributed by atoms with van der Waals surface area (Å²) >= 11 is 0. The fourth-order valence-corrected chi connectivity index (χ4v) is 4.27. The molecule has 1 fully saturated rings. The molecule has 1 unspecified atom stereocenters. The molecule has 3 aromatic carbocycles. The largest absolute Gasteiger partial charge is 0.545 e. The van der Waals surface area contributed by atoms with Crippen LogP contribution in [-0.4, -0.2) is 41.8 Å². The SMILES string of the molecule is O=C(OC[C@@H]1OC(c2ccccc2C(=O)[O-])[C@H](O)[C@@H]1c1ccccc1C(=O)[O-])c1ccccc1. The molecule has 0 bridgehead atoms. The maximum Gasteiger partial charge on any atom is 0.338 e. The molecular formula is C26H20O8-2. The molecule has 0 saturated carbocycles. The minimum absolute atomic E-state index is 0.150. The third kappa shape index (κ3) is 4.54. The minimum atomic E-state index is -1.45. The van der Waals surface area contributed by atoms with Crippen molar-refractivity contribution in [2.75, 3.05) is 6.61 Å². The third-order valence-corrected chi connectivity index (χ3v) is 5.82. The first-order chi connectivity index (χ1) is 16.4. The molecule has 4 atom stereocenters. The van der Waals surface area contributed by atoms with Crippen LogP contribution in [0.1, 0.15) is 54.2 Å². The number of aliphatic hydroxyl groups is 1. The van der Waals surface area contributed by atoms with Crippen LogP contribution >= 0.6 is 0 Å². The van der Waals surface area contributed by atoms with Crippen molar-refractivity contribution in [3.8, 4) is 0 Å². The summed E-state index contributed by atoms with van der Waals surface area (Å²) < 4.78 is 11.4. The lowest BCUT2D eigenvalue weighted by Gasteiger charge is -2.24. The van der Waals surface area contributed by atoms with Gasteiger partial charge < -0.3 is 34.4 Å². The van der Waals surface area contributed by atoms with Crippen LogP contribution in [0.3, 0.4) is 0 Å². The second kappa shape index (κ2) is 9.86. The van der Waals surface area contributed by atoms with E-state index in [4.69, 9.17) is 9.47 Å². The van der Waals surface area contributed by atoms with Gasteiger partial charge in [0.05, 0.1) is 23.6 Å². The van der Waals surface area contributed by atoms with E-state index in [0.717, 1.165) is 0 Å². The van der Waals surface area contributed by atoms with Crippen LogP contribution in [-0.2, 0) is 9.47 Å². The maximum absolute atomic E-state index is 12.5. The summed E-state index contributed by atoms with van der Waals surface area (Å²) in [7, 11) is 0. The average Bonchev–Trinajstić information content (AvgIpc) is 3.18. The van der Waals surface area contributed by atoms with Crippen molar-refractivity contribution in [1.29, 1.82) is 0 Å². The molecule has 0 spiro atoms. The van der Waals surface area contributed by atoms with Gasteiger partial charge in [-0.2, -0.15) is 0 Å². The predicted molar refractivity (Wildman–Crippen MR) is 115 cm³/mol. The van der Waals surface area contributed by atoms with Gasteiger partial charge in [0, 0.05) is 17.0 Å². The number of carbonyl (C=O) groups excluding carboxylic acids is 3. The normalized spacial score (nSPS) is 21.7. The molecule has 3 aromatic rings. The lowest BCUT2D eigenvalue weighted by molar-refractivity contribution is -0.256. The van der Waals surface area contributed by atoms with E-state index < -0.39 is 42.1 Å². The number of aliphatic hydroxyl groups excluding tert-OH is 1. The molecule has 1 aliphatic rings. The third-order valence-electron chi connectivity index (χ3n) is 5.82. The Bertz CT molecular complexity index is 1210. The van der Waals surface area contributed by atoms with Gasteiger partial charge in [-0.1, -0.05) is 66.7 Å². The fraction of sp³-hybridized carbons (Fsp3) is 0.192. The standard InChI is InChI=1S/C26H22O8/c27-22-21(16-10-4-6-12-18(16)24(28)29)20(14-33-26(32)15-8-2-1-3-9-15)34-23(22)17-11-5-7-13-19(17)25(30)31/h1-13,20-23,27H,14H2,(H,28,29)(H,30,31)/p-2/t20-,21+,22+,23?/m0/s1. The van der Waals surface area contributed by atoms with E-state index in [2.05, 4.69) is 0 Å². The van der Waals surface area contributed by atoms with E-state index in [1.807, 2.05) is 0 Å². The van der Waals surface area contributed by atoms with Gasteiger partial charge in [-0.3, -0.25) is 0 Å². The minimum Gasteiger partial charge on any atom is -0.545 e. The average molecular weight is 460 g/mol. The first-order valence-corrected chi connectivity index (χ1v) is 10.5. The van der Waals surface area contributed by atoms with E-state index in [1.54, 1.807) is 42.5 Å². The van der Waals surface area contributed by atoms with Crippen molar-refractivity contribution in [2.24, 2.45) is 0 Å². The summed E-state index contributed by atoms with van der Waals surface area (Å²) in [6.07, 6.45) is -3.45. The Morgan fingerprint density at radius 1 is 0.794 bits per heavy atom. The molecule has 1 heterocycles. The molecule has 0 amide bonds. The summed E-state index contributed by atoms with van der Waals surface area (Å²) in [5.74, 6) is -4.46. The molecular weight excluding hydrogens is 440 g/mol. The number of carboxylic acid groups (broad SMARTS) is 2. The quantitative estimate of drug-likeness (QED) is 0.513. The van der Waals surface area contributed by atoms with Gasteiger partial charge in [-0.05, 0) is 23.3 Å². The summed E-state index contributed by atoms with van der Waals surface area (Å²) in [4.78, 5) is 35.8. The molecule has 8 heteroatoms. The Kier molecular flexibility index (Phi) is 6.72.